The average Bonchev–Trinajstić information content (AvgIpc) is 2.48. The zero-order valence-corrected chi connectivity index (χ0v) is 13.6. The van der Waals surface area contributed by atoms with Gasteiger partial charge in [-0.05, 0) is 52.8 Å². The predicted octanol–water partition coefficient (Wildman–Crippen LogP) is 4.08. The quantitative estimate of drug-likeness (QED) is 0.914. The van der Waals surface area contributed by atoms with E-state index in [1.807, 2.05) is 25.1 Å². The Hall–Kier alpha value is -0.770. The number of rotatable bonds is 3. The van der Waals surface area contributed by atoms with E-state index in [4.69, 9.17) is 26.8 Å². The van der Waals surface area contributed by atoms with Crippen molar-refractivity contribution >= 4 is 11.6 Å². The van der Waals surface area contributed by atoms with Crippen LogP contribution in [0.5, 0.6) is 5.75 Å². The van der Waals surface area contributed by atoms with Gasteiger partial charge < -0.3 is 15.2 Å². The molecule has 2 N–H and O–H groups in total. The Morgan fingerprint density at radius 2 is 2.00 bits per heavy atom. The number of benzene rings is 1. The third-order valence-electron chi connectivity index (χ3n) is 3.72. The fraction of sp³-hybridized carbons (Fsp3) is 0.625. The molecule has 2 atom stereocenters. The van der Waals surface area contributed by atoms with Gasteiger partial charge in [-0.3, -0.25) is 0 Å². The van der Waals surface area contributed by atoms with E-state index >= 15 is 0 Å². The average molecular weight is 298 g/mol. The molecular weight excluding hydrogens is 274 g/mol. The molecule has 1 fully saturated rings. The monoisotopic (exact) mass is 297 g/mol. The number of hydrogen-bond donors (Lipinski definition) is 1. The number of nitrogens with two attached hydrogens (primary N) is 1. The molecule has 1 aromatic rings. The second-order valence-corrected chi connectivity index (χ2v) is 7.18. The molecule has 0 aliphatic carbocycles. The molecule has 0 radical (unpaired) electrons. The zero-order chi connectivity index (χ0) is 15.1. The Kier molecular flexibility index (Phi) is 4.07. The highest BCUT2D eigenvalue weighted by Crippen LogP contribution is 2.40. The normalized spacial score (nSPS) is 25.4. The molecule has 0 bridgehead atoms. The fourth-order valence-corrected chi connectivity index (χ4v) is 3.01. The van der Waals surface area contributed by atoms with E-state index in [1.54, 1.807) is 0 Å². The van der Waals surface area contributed by atoms with Crippen molar-refractivity contribution in [3.05, 3.63) is 28.8 Å². The van der Waals surface area contributed by atoms with Gasteiger partial charge in [0.2, 0.25) is 0 Å². The van der Waals surface area contributed by atoms with Gasteiger partial charge in [-0.15, -0.1) is 0 Å². The largest absolute Gasteiger partial charge is 0.487 e. The summed E-state index contributed by atoms with van der Waals surface area (Å²) in [5.41, 5.74) is 6.44. The minimum absolute atomic E-state index is 0.00354. The van der Waals surface area contributed by atoms with Gasteiger partial charge in [-0.2, -0.15) is 0 Å². The molecule has 0 amide bonds. The first-order valence-corrected chi connectivity index (χ1v) is 7.40. The van der Waals surface area contributed by atoms with Gasteiger partial charge >= 0.3 is 0 Å². The van der Waals surface area contributed by atoms with Crippen LogP contribution in [0.3, 0.4) is 0 Å². The molecule has 20 heavy (non-hydrogen) atoms. The Morgan fingerprint density at radius 1 is 1.35 bits per heavy atom. The molecule has 1 unspecified atom stereocenters. The topological polar surface area (TPSA) is 44.5 Å². The van der Waals surface area contributed by atoms with Crippen LogP contribution in [0.4, 0.5) is 0 Å². The molecular formula is C16H24ClNO2. The maximum absolute atomic E-state index is 6.21. The van der Waals surface area contributed by atoms with Crippen molar-refractivity contribution in [1.29, 1.82) is 0 Å². The van der Waals surface area contributed by atoms with Crippen LogP contribution in [0.1, 0.15) is 52.6 Å². The van der Waals surface area contributed by atoms with E-state index in [1.165, 1.54) is 0 Å². The van der Waals surface area contributed by atoms with Gasteiger partial charge in [0.25, 0.3) is 0 Å². The van der Waals surface area contributed by atoms with Gasteiger partial charge in [0.15, 0.2) is 0 Å². The lowest BCUT2D eigenvalue weighted by Gasteiger charge is -2.28. The van der Waals surface area contributed by atoms with E-state index in [9.17, 15) is 0 Å². The van der Waals surface area contributed by atoms with Crippen LogP contribution >= 0.6 is 11.6 Å². The number of hydrogen-bond acceptors (Lipinski definition) is 3. The molecule has 1 aliphatic heterocycles. The molecule has 1 heterocycles. The third kappa shape index (κ3) is 3.27. The molecule has 4 heteroatoms. The van der Waals surface area contributed by atoms with Crippen molar-refractivity contribution in [2.24, 2.45) is 5.73 Å². The summed E-state index contributed by atoms with van der Waals surface area (Å²) < 4.78 is 12.3. The molecule has 1 aliphatic rings. The van der Waals surface area contributed by atoms with Crippen molar-refractivity contribution in [2.75, 3.05) is 0 Å². The lowest BCUT2D eigenvalue weighted by Crippen LogP contribution is -2.37. The Morgan fingerprint density at radius 3 is 2.50 bits per heavy atom. The molecule has 1 saturated heterocycles. The number of ether oxygens (including phenoxy) is 2. The van der Waals surface area contributed by atoms with Gasteiger partial charge in [-0.1, -0.05) is 11.6 Å². The van der Waals surface area contributed by atoms with E-state index in [-0.39, 0.29) is 23.3 Å². The SMILES string of the molecule is C[C@H](N)c1cc(Cl)ccc1OC1CC(C)(C)OC1(C)C. The highest BCUT2D eigenvalue weighted by molar-refractivity contribution is 6.30. The molecule has 112 valence electrons. The van der Waals surface area contributed by atoms with Crippen molar-refractivity contribution in [2.45, 2.75) is 64.4 Å². The molecule has 0 aromatic heterocycles. The van der Waals surface area contributed by atoms with Crippen LogP contribution in [-0.2, 0) is 4.74 Å². The highest BCUT2D eigenvalue weighted by atomic mass is 35.5. The first-order chi connectivity index (χ1) is 9.11. The van der Waals surface area contributed by atoms with E-state index in [0.717, 1.165) is 17.7 Å². The highest BCUT2D eigenvalue weighted by Gasteiger charge is 2.47. The van der Waals surface area contributed by atoms with Gasteiger partial charge in [0, 0.05) is 23.0 Å². The molecule has 0 saturated carbocycles. The van der Waals surface area contributed by atoms with Crippen molar-refractivity contribution in [3.63, 3.8) is 0 Å². The van der Waals surface area contributed by atoms with Crippen LogP contribution in [0, 0.1) is 0 Å². The molecule has 0 spiro atoms. The Balaban J connectivity index is 2.27. The van der Waals surface area contributed by atoms with Crippen molar-refractivity contribution < 1.29 is 9.47 Å². The number of halogens is 1. The Bertz CT molecular complexity index is 497. The predicted molar refractivity (Wildman–Crippen MR) is 82.3 cm³/mol. The summed E-state index contributed by atoms with van der Waals surface area (Å²) in [7, 11) is 0. The van der Waals surface area contributed by atoms with Gasteiger partial charge in [0.1, 0.15) is 17.5 Å². The third-order valence-corrected chi connectivity index (χ3v) is 3.96. The molecule has 3 nitrogen and oxygen atoms in total. The second-order valence-electron chi connectivity index (χ2n) is 6.75. The van der Waals surface area contributed by atoms with E-state index < -0.39 is 0 Å². The van der Waals surface area contributed by atoms with Crippen LogP contribution < -0.4 is 10.5 Å². The summed E-state index contributed by atoms with van der Waals surface area (Å²) in [5.74, 6) is 0.795. The lowest BCUT2D eigenvalue weighted by atomic mass is 9.97. The maximum atomic E-state index is 6.21. The minimum atomic E-state index is -0.321. The lowest BCUT2D eigenvalue weighted by molar-refractivity contribution is -0.0847. The fourth-order valence-electron chi connectivity index (χ4n) is 2.83. The van der Waals surface area contributed by atoms with Crippen LogP contribution in [0.15, 0.2) is 18.2 Å². The minimum Gasteiger partial charge on any atom is -0.487 e. The molecule has 2 rings (SSSR count). The van der Waals surface area contributed by atoms with Crippen LogP contribution in [-0.4, -0.2) is 17.3 Å². The van der Waals surface area contributed by atoms with Gasteiger partial charge in [-0.25, -0.2) is 0 Å². The van der Waals surface area contributed by atoms with Crippen molar-refractivity contribution in [1.82, 2.24) is 0 Å². The van der Waals surface area contributed by atoms with E-state index in [2.05, 4.69) is 27.7 Å². The van der Waals surface area contributed by atoms with Crippen LogP contribution in [0.2, 0.25) is 5.02 Å². The maximum Gasteiger partial charge on any atom is 0.130 e. The first kappa shape index (κ1) is 15.6. The first-order valence-electron chi connectivity index (χ1n) is 7.02. The second kappa shape index (κ2) is 5.21. The standard InChI is InChI=1S/C16H24ClNO2/c1-10(18)12-8-11(17)6-7-13(12)19-14-9-15(2,3)20-16(14,4)5/h6-8,10,14H,9,18H2,1-5H3/t10-,14?/m0/s1. The molecule has 1 aromatic carbocycles. The smallest absolute Gasteiger partial charge is 0.130 e. The summed E-state index contributed by atoms with van der Waals surface area (Å²) in [6, 6.07) is 5.47. The summed E-state index contributed by atoms with van der Waals surface area (Å²) in [4.78, 5) is 0. The van der Waals surface area contributed by atoms with Gasteiger partial charge in [0.05, 0.1) is 5.60 Å². The zero-order valence-electron chi connectivity index (χ0n) is 12.9. The summed E-state index contributed by atoms with van der Waals surface area (Å²) in [5, 5.41) is 0.673. The van der Waals surface area contributed by atoms with Crippen LogP contribution in [0.25, 0.3) is 0 Å². The van der Waals surface area contributed by atoms with Crippen molar-refractivity contribution in [3.8, 4) is 5.75 Å². The summed E-state index contributed by atoms with van der Waals surface area (Å²) in [6.45, 7) is 10.2. The van der Waals surface area contributed by atoms with E-state index in [0.29, 0.717) is 5.02 Å². The summed E-state index contributed by atoms with van der Waals surface area (Å²) >= 11 is 6.04. The Labute approximate surface area is 126 Å². The summed E-state index contributed by atoms with van der Waals surface area (Å²) in [6.07, 6.45) is 0.845.